The smallest absolute Gasteiger partial charge is 0.214 e. The standard InChI is InChI=1S/C11H25N3O4S2/c1-3-12-6-4-5-11-20(17,18)14-9-7-13(8-10-14)19(2,15)16/h12H,3-11H2,1-2H3. The van der Waals surface area contributed by atoms with Crippen molar-refractivity contribution in [2.75, 3.05) is 51.3 Å². The van der Waals surface area contributed by atoms with Crippen molar-refractivity contribution in [3.05, 3.63) is 0 Å². The average molecular weight is 327 g/mol. The summed E-state index contributed by atoms with van der Waals surface area (Å²) < 4.78 is 49.7. The summed E-state index contributed by atoms with van der Waals surface area (Å²) in [4.78, 5) is 0. The third-order valence-corrected chi connectivity index (χ3v) is 6.58. The van der Waals surface area contributed by atoms with Gasteiger partial charge < -0.3 is 5.32 Å². The van der Waals surface area contributed by atoms with E-state index in [1.165, 1.54) is 8.61 Å². The largest absolute Gasteiger partial charge is 0.317 e. The Balaban J connectivity index is 2.39. The number of rotatable bonds is 8. The van der Waals surface area contributed by atoms with E-state index in [2.05, 4.69) is 5.32 Å². The molecule has 1 aliphatic heterocycles. The molecule has 1 rings (SSSR count). The Morgan fingerprint density at radius 2 is 1.50 bits per heavy atom. The zero-order valence-electron chi connectivity index (χ0n) is 12.2. The van der Waals surface area contributed by atoms with Gasteiger partial charge in [0.15, 0.2) is 0 Å². The van der Waals surface area contributed by atoms with E-state index in [9.17, 15) is 16.8 Å². The molecule has 0 saturated carbocycles. The van der Waals surface area contributed by atoms with Crippen LogP contribution in [-0.4, -0.2) is 76.7 Å². The molecule has 1 fully saturated rings. The molecule has 1 heterocycles. The molecule has 0 aliphatic carbocycles. The van der Waals surface area contributed by atoms with Crippen LogP contribution in [0, 0.1) is 0 Å². The van der Waals surface area contributed by atoms with Crippen LogP contribution in [-0.2, 0) is 20.0 Å². The van der Waals surface area contributed by atoms with Gasteiger partial charge in [-0.15, -0.1) is 0 Å². The lowest BCUT2D eigenvalue weighted by atomic mass is 10.3. The van der Waals surface area contributed by atoms with E-state index in [1.54, 1.807) is 0 Å². The first-order valence-corrected chi connectivity index (χ1v) is 10.4. The number of sulfonamides is 2. The Morgan fingerprint density at radius 1 is 0.950 bits per heavy atom. The van der Waals surface area contributed by atoms with Gasteiger partial charge in [0.05, 0.1) is 12.0 Å². The second-order valence-corrected chi connectivity index (χ2v) is 9.01. The highest BCUT2D eigenvalue weighted by Gasteiger charge is 2.29. The van der Waals surface area contributed by atoms with Gasteiger partial charge in [-0.25, -0.2) is 16.8 Å². The van der Waals surface area contributed by atoms with Crippen LogP contribution in [0.1, 0.15) is 19.8 Å². The molecule has 0 unspecified atom stereocenters. The first kappa shape index (κ1) is 17.8. The predicted molar refractivity (Wildman–Crippen MR) is 79.6 cm³/mol. The maximum atomic E-state index is 12.1. The van der Waals surface area contributed by atoms with Crippen LogP contribution in [0.2, 0.25) is 0 Å². The van der Waals surface area contributed by atoms with Crippen LogP contribution >= 0.6 is 0 Å². The summed E-state index contributed by atoms with van der Waals surface area (Å²) in [6.45, 7) is 4.72. The van der Waals surface area contributed by atoms with E-state index in [-0.39, 0.29) is 31.9 Å². The van der Waals surface area contributed by atoms with Crippen LogP contribution in [0.4, 0.5) is 0 Å². The number of piperazine rings is 1. The van der Waals surface area contributed by atoms with Crippen molar-refractivity contribution in [1.82, 2.24) is 13.9 Å². The minimum absolute atomic E-state index is 0.136. The molecule has 120 valence electrons. The number of hydrogen-bond donors (Lipinski definition) is 1. The molecule has 0 aromatic carbocycles. The average Bonchev–Trinajstić information content (AvgIpc) is 2.37. The van der Waals surface area contributed by atoms with E-state index in [0.29, 0.717) is 6.42 Å². The molecule has 7 nitrogen and oxygen atoms in total. The maximum Gasteiger partial charge on any atom is 0.214 e. The normalized spacial score (nSPS) is 19.3. The lowest BCUT2D eigenvalue weighted by molar-refractivity contribution is 0.274. The number of nitrogens with zero attached hydrogens (tertiary/aromatic N) is 2. The highest BCUT2D eigenvalue weighted by atomic mass is 32.2. The Hall–Kier alpha value is -0.220. The highest BCUT2D eigenvalue weighted by molar-refractivity contribution is 7.89. The monoisotopic (exact) mass is 327 g/mol. The second kappa shape index (κ2) is 7.69. The fourth-order valence-corrected chi connectivity index (χ4v) is 4.49. The van der Waals surface area contributed by atoms with E-state index in [1.807, 2.05) is 6.92 Å². The number of unbranched alkanes of at least 4 members (excludes halogenated alkanes) is 1. The highest BCUT2D eigenvalue weighted by Crippen LogP contribution is 2.11. The van der Waals surface area contributed by atoms with Crippen LogP contribution in [0.25, 0.3) is 0 Å². The summed E-state index contributed by atoms with van der Waals surface area (Å²) in [5.41, 5.74) is 0. The number of hydrogen-bond acceptors (Lipinski definition) is 5. The van der Waals surface area contributed by atoms with Crippen molar-refractivity contribution < 1.29 is 16.8 Å². The molecule has 1 N–H and O–H groups in total. The molecule has 0 aromatic heterocycles. The zero-order valence-corrected chi connectivity index (χ0v) is 13.8. The van der Waals surface area contributed by atoms with Gasteiger partial charge in [0, 0.05) is 26.2 Å². The Kier molecular flexibility index (Phi) is 6.86. The molecule has 0 aromatic rings. The summed E-state index contributed by atoms with van der Waals surface area (Å²) in [5, 5.41) is 3.15. The van der Waals surface area contributed by atoms with Crippen molar-refractivity contribution in [3.63, 3.8) is 0 Å². The lowest BCUT2D eigenvalue weighted by Gasteiger charge is -2.32. The van der Waals surface area contributed by atoms with E-state index >= 15 is 0 Å². The fourth-order valence-electron chi connectivity index (χ4n) is 2.12. The Labute approximate surface area is 122 Å². The minimum atomic E-state index is -3.26. The van der Waals surface area contributed by atoms with Gasteiger partial charge in [-0.1, -0.05) is 6.92 Å². The van der Waals surface area contributed by atoms with Crippen molar-refractivity contribution in [2.24, 2.45) is 0 Å². The summed E-state index contributed by atoms with van der Waals surface area (Å²) >= 11 is 0. The molecule has 0 atom stereocenters. The minimum Gasteiger partial charge on any atom is -0.317 e. The van der Waals surface area contributed by atoms with Crippen molar-refractivity contribution in [1.29, 1.82) is 0 Å². The SMILES string of the molecule is CCNCCCCS(=O)(=O)N1CCN(S(C)(=O)=O)CC1. The second-order valence-electron chi connectivity index (χ2n) is 4.94. The third-order valence-electron chi connectivity index (χ3n) is 3.32. The van der Waals surface area contributed by atoms with Crippen molar-refractivity contribution >= 4 is 20.0 Å². The third kappa shape index (κ3) is 5.65. The Morgan fingerprint density at radius 3 is 2.00 bits per heavy atom. The maximum absolute atomic E-state index is 12.1. The fraction of sp³-hybridized carbons (Fsp3) is 1.00. The predicted octanol–water partition coefficient (Wildman–Crippen LogP) is -0.717. The lowest BCUT2D eigenvalue weighted by Crippen LogP contribution is -2.50. The van der Waals surface area contributed by atoms with Gasteiger partial charge in [0.2, 0.25) is 20.0 Å². The van der Waals surface area contributed by atoms with Crippen LogP contribution in [0.3, 0.4) is 0 Å². The molecular formula is C11H25N3O4S2. The Bertz CT molecular complexity index is 482. The molecule has 1 saturated heterocycles. The topological polar surface area (TPSA) is 86.8 Å². The van der Waals surface area contributed by atoms with E-state index in [0.717, 1.165) is 25.8 Å². The molecule has 0 spiro atoms. The summed E-state index contributed by atoms with van der Waals surface area (Å²) in [7, 11) is -6.47. The molecule has 0 bridgehead atoms. The molecule has 0 amide bonds. The zero-order chi connectivity index (χ0) is 15.2. The van der Waals surface area contributed by atoms with Gasteiger partial charge in [-0.2, -0.15) is 8.61 Å². The molecule has 9 heteroatoms. The van der Waals surface area contributed by atoms with Gasteiger partial charge >= 0.3 is 0 Å². The van der Waals surface area contributed by atoms with Gasteiger partial charge in [-0.05, 0) is 25.9 Å². The van der Waals surface area contributed by atoms with Gasteiger partial charge in [0.1, 0.15) is 0 Å². The van der Waals surface area contributed by atoms with E-state index < -0.39 is 20.0 Å². The quantitative estimate of drug-likeness (QED) is 0.595. The van der Waals surface area contributed by atoms with Crippen LogP contribution in [0.5, 0.6) is 0 Å². The van der Waals surface area contributed by atoms with Crippen molar-refractivity contribution in [2.45, 2.75) is 19.8 Å². The molecule has 0 radical (unpaired) electrons. The summed E-state index contributed by atoms with van der Waals surface area (Å²) in [6, 6.07) is 0. The van der Waals surface area contributed by atoms with E-state index in [4.69, 9.17) is 0 Å². The first-order chi connectivity index (χ1) is 9.27. The van der Waals surface area contributed by atoms with Gasteiger partial charge in [-0.3, -0.25) is 0 Å². The molecule has 1 aliphatic rings. The molecule has 20 heavy (non-hydrogen) atoms. The summed E-state index contributed by atoms with van der Waals surface area (Å²) in [5.74, 6) is 0.136. The van der Waals surface area contributed by atoms with Crippen molar-refractivity contribution in [3.8, 4) is 0 Å². The van der Waals surface area contributed by atoms with Crippen LogP contribution < -0.4 is 5.32 Å². The number of nitrogens with one attached hydrogen (secondary N) is 1. The van der Waals surface area contributed by atoms with Crippen LogP contribution in [0.15, 0.2) is 0 Å². The first-order valence-electron chi connectivity index (χ1n) is 6.91. The summed E-state index contributed by atoms with van der Waals surface area (Å²) in [6.07, 6.45) is 2.61. The molecular weight excluding hydrogens is 302 g/mol. The van der Waals surface area contributed by atoms with Gasteiger partial charge in [0.25, 0.3) is 0 Å².